The summed E-state index contributed by atoms with van der Waals surface area (Å²) in [5.74, 6) is 0.922. The van der Waals surface area contributed by atoms with Crippen LogP contribution in [0.3, 0.4) is 0 Å². The van der Waals surface area contributed by atoms with Gasteiger partial charge in [-0.25, -0.2) is 0 Å². The van der Waals surface area contributed by atoms with Gasteiger partial charge in [0.25, 0.3) is 0 Å². The molecule has 1 N–H and O–H groups in total. The first-order valence-electron chi connectivity index (χ1n) is 5.71. The molecule has 1 heterocycles. The SMILES string of the molecule is CC1CCCC1N(C)C1CCNC1. The van der Waals surface area contributed by atoms with E-state index in [0.29, 0.717) is 0 Å². The topological polar surface area (TPSA) is 15.3 Å². The molecular weight excluding hydrogens is 160 g/mol. The highest BCUT2D eigenvalue weighted by Crippen LogP contribution is 2.30. The average Bonchev–Trinajstić information content (AvgIpc) is 2.72. The molecule has 0 aromatic carbocycles. The van der Waals surface area contributed by atoms with E-state index in [-0.39, 0.29) is 0 Å². The summed E-state index contributed by atoms with van der Waals surface area (Å²) in [7, 11) is 2.32. The van der Waals surface area contributed by atoms with Gasteiger partial charge in [0, 0.05) is 18.6 Å². The fraction of sp³-hybridized carbons (Fsp3) is 1.00. The van der Waals surface area contributed by atoms with Gasteiger partial charge in [-0.2, -0.15) is 0 Å². The van der Waals surface area contributed by atoms with Crippen molar-refractivity contribution in [2.24, 2.45) is 5.92 Å². The molecule has 3 atom stereocenters. The van der Waals surface area contributed by atoms with Gasteiger partial charge in [0.2, 0.25) is 0 Å². The van der Waals surface area contributed by atoms with Gasteiger partial charge in [0.15, 0.2) is 0 Å². The van der Waals surface area contributed by atoms with E-state index in [0.717, 1.165) is 18.0 Å². The summed E-state index contributed by atoms with van der Waals surface area (Å²) in [6.45, 7) is 4.84. The molecular formula is C11H22N2. The zero-order valence-corrected chi connectivity index (χ0v) is 8.92. The van der Waals surface area contributed by atoms with Gasteiger partial charge in [-0.3, -0.25) is 4.90 Å². The van der Waals surface area contributed by atoms with Crippen LogP contribution in [0.4, 0.5) is 0 Å². The Kier molecular flexibility index (Phi) is 2.89. The first-order valence-corrected chi connectivity index (χ1v) is 5.71. The highest BCUT2D eigenvalue weighted by molar-refractivity contribution is 4.88. The molecule has 1 aliphatic carbocycles. The largest absolute Gasteiger partial charge is 0.315 e. The van der Waals surface area contributed by atoms with Gasteiger partial charge in [0.1, 0.15) is 0 Å². The summed E-state index contributed by atoms with van der Waals surface area (Å²) in [5.41, 5.74) is 0. The molecule has 2 nitrogen and oxygen atoms in total. The molecule has 1 aliphatic heterocycles. The lowest BCUT2D eigenvalue weighted by Gasteiger charge is -2.32. The molecule has 0 spiro atoms. The minimum absolute atomic E-state index is 0.811. The number of hydrogen-bond acceptors (Lipinski definition) is 2. The minimum Gasteiger partial charge on any atom is -0.315 e. The molecule has 76 valence electrons. The third-order valence-electron chi connectivity index (χ3n) is 3.95. The standard InChI is InChI=1S/C11H22N2/c1-9-4-3-5-11(9)13(2)10-6-7-12-8-10/h9-12H,3-8H2,1-2H3. The van der Waals surface area contributed by atoms with E-state index in [2.05, 4.69) is 24.2 Å². The van der Waals surface area contributed by atoms with Crippen LogP contribution in [0, 0.1) is 5.92 Å². The number of nitrogens with one attached hydrogen (secondary N) is 1. The summed E-state index contributed by atoms with van der Waals surface area (Å²) >= 11 is 0. The van der Waals surface area contributed by atoms with E-state index in [1.807, 2.05) is 0 Å². The summed E-state index contributed by atoms with van der Waals surface area (Å²) in [6, 6.07) is 1.68. The molecule has 3 unspecified atom stereocenters. The molecule has 13 heavy (non-hydrogen) atoms. The van der Waals surface area contributed by atoms with Crippen molar-refractivity contribution in [3.63, 3.8) is 0 Å². The van der Waals surface area contributed by atoms with Crippen LogP contribution in [0.15, 0.2) is 0 Å². The Hall–Kier alpha value is -0.0800. The van der Waals surface area contributed by atoms with Gasteiger partial charge in [-0.05, 0) is 38.8 Å². The van der Waals surface area contributed by atoms with Crippen molar-refractivity contribution in [1.82, 2.24) is 10.2 Å². The number of rotatable bonds is 2. The molecule has 0 radical (unpaired) electrons. The summed E-state index contributed by atoms with van der Waals surface area (Å²) < 4.78 is 0. The predicted molar refractivity (Wildman–Crippen MR) is 55.8 cm³/mol. The maximum Gasteiger partial charge on any atom is 0.0232 e. The van der Waals surface area contributed by atoms with Crippen LogP contribution in [0.1, 0.15) is 32.6 Å². The van der Waals surface area contributed by atoms with E-state index in [1.54, 1.807) is 0 Å². The second kappa shape index (κ2) is 3.97. The summed E-state index contributed by atoms with van der Waals surface area (Å²) in [5, 5.41) is 3.45. The van der Waals surface area contributed by atoms with E-state index in [4.69, 9.17) is 0 Å². The third-order valence-corrected chi connectivity index (χ3v) is 3.95. The summed E-state index contributed by atoms with van der Waals surface area (Å²) in [4.78, 5) is 2.64. The van der Waals surface area contributed by atoms with Crippen molar-refractivity contribution >= 4 is 0 Å². The van der Waals surface area contributed by atoms with Crippen molar-refractivity contribution < 1.29 is 0 Å². The summed E-state index contributed by atoms with van der Waals surface area (Å²) in [6.07, 6.45) is 5.65. The molecule has 1 saturated heterocycles. The van der Waals surface area contributed by atoms with Gasteiger partial charge in [-0.15, -0.1) is 0 Å². The smallest absolute Gasteiger partial charge is 0.0232 e. The normalized spacial score (nSPS) is 40.4. The lowest BCUT2D eigenvalue weighted by atomic mass is 10.0. The van der Waals surface area contributed by atoms with Crippen LogP contribution in [0.25, 0.3) is 0 Å². The van der Waals surface area contributed by atoms with Crippen molar-refractivity contribution in [2.45, 2.75) is 44.7 Å². The molecule has 2 rings (SSSR count). The molecule has 2 fully saturated rings. The molecule has 2 heteroatoms. The second-order valence-corrected chi connectivity index (χ2v) is 4.79. The van der Waals surface area contributed by atoms with Crippen molar-refractivity contribution in [1.29, 1.82) is 0 Å². The molecule has 2 aliphatic rings. The Balaban J connectivity index is 1.91. The van der Waals surface area contributed by atoms with Gasteiger partial charge in [-0.1, -0.05) is 13.3 Å². The molecule has 0 aromatic rings. The van der Waals surface area contributed by atoms with Gasteiger partial charge in [0.05, 0.1) is 0 Å². The molecule has 0 aromatic heterocycles. The van der Waals surface area contributed by atoms with Crippen LogP contribution >= 0.6 is 0 Å². The zero-order chi connectivity index (χ0) is 9.26. The maximum absolute atomic E-state index is 3.45. The lowest BCUT2D eigenvalue weighted by Crippen LogP contribution is -2.42. The van der Waals surface area contributed by atoms with Gasteiger partial charge < -0.3 is 5.32 Å². The first-order chi connectivity index (χ1) is 6.29. The van der Waals surface area contributed by atoms with E-state index in [9.17, 15) is 0 Å². The fourth-order valence-corrected chi connectivity index (χ4v) is 2.99. The Morgan fingerprint density at radius 3 is 2.62 bits per heavy atom. The minimum atomic E-state index is 0.811. The first kappa shape index (κ1) is 9.47. The van der Waals surface area contributed by atoms with E-state index >= 15 is 0 Å². The Morgan fingerprint density at radius 1 is 1.23 bits per heavy atom. The number of likely N-dealkylation sites (N-methyl/N-ethyl adjacent to an activating group) is 1. The predicted octanol–water partition coefficient (Wildman–Crippen LogP) is 1.47. The van der Waals surface area contributed by atoms with E-state index in [1.165, 1.54) is 38.8 Å². The Labute approximate surface area is 81.7 Å². The molecule has 1 saturated carbocycles. The van der Waals surface area contributed by atoms with Crippen LogP contribution < -0.4 is 5.32 Å². The van der Waals surface area contributed by atoms with Crippen molar-refractivity contribution in [3.8, 4) is 0 Å². The van der Waals surface area contributed by atoms with E-state index < -0.39 is 0 Å². The highest BCUT2D eigenvalue weighted by atomic mass is 15.2. The maximum atomic E-state index is 3.45. The van der Waals surface area contributed by atoms with Crippen LogP contribution in [0.2, 0.25) is 0 Å². The Bertz CT molecular complexity index is 163. The quantitative estimate of drug-likeness (QED) is 0.695. The monoisotopic (exact) mass is 182 g/mol. The highest BCUT2D eigenvalue weighted by Gasteiger charge is 2.31. The van der Waals surface area contributed by atoms with Crippen molar-refractivity contribution in [3.05, 3.63) is 0 Å². The lowest BCUT2D eigenvalue weighted by molar-refractivity contribution is 0.155. The number of hydrogen-bond donors (Lipinski definition) is 1. The van der Waals surface area contributed by atoms with Crippen LogP contribution in [-0.2, 0) is 0 Å². The van der Waals surface area contributed by atoms with Crippen molar-refractivity contribution in [2.75, 3.05) is 20.1 Å². The van der Waals surface area contributed by atoms with Crippen LogP contribution in [-0.4, -0.2) is 37.1 Å². The molecule has 0 amide bonds. The fourth-order valence-electron chi connectivity index (χ4n) is 2.99. The third kappa shape index (κ3) is 1.89. The van der Waals surface area contributed by atoms with Gasteiger partial charge >= 0.3 is 0 Å². The average molecular weight is 182 g/mol. The van der Waals surface area contributed by atoms with Crippen LogP contribution in [0.5, 0.6) is 0 Å². The zero-order valence-electron chi connectivity index (χ0n) is 8.92. The Morgan fingerprint density at radius 2 is 2.08 bits per heavy atom. The number of nitrogens with zero attached hydrogens (tertiary/aromatic N) is 1. The second-order valence-electron chi connectivity index (χ2n) is 4.79. The molecule has 0 bridgehead atoms.